The van der Waals surface area contributed by atoms with E-state index >= 15 is 0 Å². The Bertz CT molecular complexity index is 182. The monoisotopic (exact) mass is 188 g/mol. The number of hydrogen-bond donors (Lipinski definition) is 0. The molecule has 0 aromatic carbocycles. The summed E-state index contributed by atoms with van der Waals surface area (Å²) in [5.74, 6) is -1.08. The van der Waals surface area contributed by atoms with Crippen LogP contribution in [0.1, 0.15) is 26.7 Å². The predicted octanol–water partition coefficient (Wildman–Crippen LogP) is 1.14. The predicted molar refractivity (Wildman–Crippen MR) is 47.0 cm³/mol. The lowest BCUT2D eigenvalue weighted by Crippen LogP contribution is -2.38. The molecule has 0 aliphatic rings. The van der Waals surface area contributed by atoms with Crippen molar-refractivity contribution < 1.29 is 19.1 Å². The Morgan fingerprint density at radius 1 is 1.15 bits per heavy atom. The van der Waals surface area contributed by atoms with Gasteiger partial charge in [0.25, 0.3) is 0 Å². The Labute approximate surface area is 78.2 Å². The highest BCUT2D eigenvalue weighted by Gasteiger charge is 2.42. The molecule has 0 atom stereocenters. The highest BCUT2D eigenvalue weighted by atomic mass is 16.5. The van der Waals surface area contributed by atoms with Crippen molar-refractivity contribution in [1.82, 2.24) is 0 Å². The van der Waals surface area contributed by atoms with Crippen LogP contribution in [-0.2, 0) is 19.1 Å². The molecular formula is C9H16O4. The van der Waals surface area contributed by atoms with E-state index in [9.17, 15) is 9.59 Å². The Morgan fingerprint density at radius 2 is 1.54 bits per heavy atom. The third-order valence-corrected chi connectivity index (χ3v) is 2.02. The summed E-state index contributed by atoms with van der Waals surface area (Å²) in [6.07, 6.45) is 1.16. The van der Waals surface area contributed by atoms with Crippen molar-refractivity contribution >= 4 is 11.9 Å². The zero-order valence-corrected chi connectivity index (χ0v) is 8.55. The number of esters is 2. The lowest BCUT2D eigenvalue weighted by atomic mass is 9.86. The van der Waals surface area contributed by atoms with Crippen LogP contribution in [0, 0.1) is 5.41 Å². The first-order valence-corrected chi connectivity index (χ1v) is 4.19. The molecule has 4 nitrogen and oxygen atoms in total. The fourth-order valence-electron chi connectivity index (χ4n) is 1.24. The van der Waals surface area contributed by atoms with Crippen LogP contribution in [-0.4, -0.2) is 26.2 Å². The van der Waals surface area contributed by atoms with Gasteiger partial charge in [-0.05, 0) is 13.3 Å². The topological polar surface area (TPSA) is 52.6 Å². The van der Waals surface area contributed by atoms with Gasteiger partial charge in [-0.2, -0.15) is 0 Å². The van der Waals surface area contributed by atoms with Gasteiger partial charge in [0.2, 0.25) is 0 Å². The molecule has 13 heavy (non-hydrogen) atoms. The lowest BCUT2D eigenvalue weighted by Gasteiger charge is -2.22. The molecule has 0 aromatic rings. The minimum absolute atomic E-state index is 0.437. The molecule has 4 heteroatoms. The van der Waals surface area contributed by atoms with Crippen LogP contribution in [0.5, 0.6) is 0 Å². The Morgan fingerprint density at radius 3 is 1.77 bits per heavy atom. The zero-order valence-electron chi connectivity index (χ0n) is 8.55. The van der Waals surface area contributed by atoms with E-state index in [0.717, 1.165) is 6.42 Å². The maximum absolute atomic E-state index is 11.3. The van der Waals surface area contributed by atoms with Gasteiger partial charge in [0.1, 0.15) is 0 Å². The first-order valence-electron chi connectivity index (χ1n) is 4.19. The smallest absolute Gasteiger partial charge is 0.322 e. The van der Waals surface area contributed by atoms with Crippen molar-refractivity contribution in [2.45, 2.75) is 26.7 Å². The summed E-state index contributed by atoms with van der Waals surface area (Å²) < 4.78 is 9.10. The average Bonchev–Trinajstić information content (AvgIpc) is 2.15. The van der Waals surface area contributed by atoms with Crippen LogP contribution in [0.2, 0.25) is 0 Å². The zero-order chi connectivity index (χ0) is 10.5. The van der Waals surface area contributed by atoms with Gasteiger partial charge < -0.3 is 9.47 Å². The molecule has 0 aliphatic carbocycles. The standard InChI is InChI=1S/C9H16O4/c1-5-6-9(2,7(10)12-3)8(11)13-4/h5-6H2,1-4H3. The van der Waals surface area contributed by atoms with Crippen molar-refractivity contribution in [3.63, 3.8) is 0 Å². The largest absolute Gasteiger partial charge is 0.468 e. The summed E-state index contributed by atoms with van der Waals surface area (Å²) in [6, 6.07) is 0. The van der Waals surface area contributed by atoms with Gasteiger partial charge in [-0.3, -0.25) is 9.59 Å². The summed E-state index contributed by atoms with van der Waals surface area (Å²) in [5, 5.41) is 0. The number of ether oxygens (including phenoxy) is 2. The molecule has 0 bridgehead atoms. The van der Waals surface area contributed by atoms with Crippen molar-refractivity contribution in [3.8, 4) is 0 Å². The van der Waals surface area contributed by atoms with E-state index in [4.69, 9.17) is 0 Å². The molecule has 0 radical (unpaired) electrons. The Kier molecular flexibility index (Phi) is 4.45. The van der Waals surface area contributed by atoms with E-state index in [1.54, 1.807) is 0 Å². The molecule has 0 heterocycles. The number of methoxy groups -OCH3 is 2. The molecule has 0 rings (SSSR count). The second-order valence-corrected chi connectivity index (χ2v) is 3.07. The number of carbonyl (C=O) groups is 2. The van der Waals surface area contributed by atoms with E-state index < -0.39 is 17.4 Å². The molecule has 0 saturated carbocycles. The molecule has 0 spiro atoms. The second kappa shape index (κ2) is 4.84. The van der Waals surface area contributed by atoms with Crippen molar-refractivity contribution in [1.29, 1.82) is 0 Å². The van der Waals surface area contributed by atoms with E-state index in [2.05, 4.69) is 9.47 Å². The normalized spacial score (nSPS) is 10.8. The summed E-state index contributed by atoms with van der Waals surface area (Å²) in [5.41, 5.74) is -1.15. The fraction of sp³-hybridized carbons (Fsp3) is 0.778. The molecular weight excluding hydrogens is 172 g/mol. The molecule has 0 aliphatic heterocycles. The third kappa shape index (κ3) is 2.44. The Balaban J connectivity index is 4.71. The lowest BCUT2D eigenvalue weighted by molar-refractivity contribution is -0.168. The molecule has 76 valence electrons. The van der Waals surface area contributed by atoms with Crippen molar-refractivity contribution in [3.05, 3.63) is 0 Å². The second-order valence-electron chi connectivity index (χ2n) is 3.07. The van der Waals surface area contributed by atoms with Crippen LogP contribution in [0.15, 0.2) is 0 Å². The highest BCUT2D eigenvalue weighted by Crippen LogP contribution is 2.26. The van der Waals surface area contributed by atoms with Crippen LogP contribution >= 0.6 is 0 Å². The number of carbonyl (C=O) groups excluding carboxylic acids is 2. The minimum atomic E-state index is -1.15. The van der Waals surface area contributed by atoms with Crippen LogP contribution in [0.4, 0.5) is 0 Å². The van der Waals surface area contributed by atoms with E-state index in [1.165, 1.54) is 21.1 Å². The van der Waals surface area contributed by atoms with Crippen LogP contribution in [0.3, 0.4) is 0 Å². The third-order valence-electron chi connectivity index (χ3n) is 2.02. The van der Waals surface area contributed by atoms with Gasteiger partial charge in [-0.1, -0.05) is 13.3 Å². The molecule has 0 fully saturated rings. The van der Waals surface area contributed by atoms with Gasteiger partial charge in [-0.15, -0.1) is 0 Å². The quantitative estimate of drug-likeness (QED) is 0.490. The highest BCUT2D eigenvalue weighted by molar-refractivity contribution is 5.99. The average molecular weight is 188 g/mol. The summed E-state index contributed by atoms with van der Waals surface area (Å²) in [4.78, 5) is 22.6. The Hall–Kier alpha value is -1.06. The maximum Gasteiger partial charge on any atom is 0.322 e. The van der Waals surface area contributed by atoms with E-state index in [0.29, 0.717) is 6.42 Å². The fourth-order valence-corrected chi connectivity index (χ4v) is 1.24. The van der Waals surface area contributed by atoms with Crippen molar-refractivity contribution in [2.24, 2.45) is 5.41 Å². The first-order chi connectivity index (χ1) is 6.02. The van der Waals surface area contributed by atoms with Gasteiger partial charge in [-0.25, -0.2) is 0 Å². The van der Waals surface area contributed by atoms with Gasteiger partial charge in [0.05, 0.1) is 14.2 Å². The van der Waals surface area contributed by atoms with Crippen molar-refractivity contribution in [2.75, 3.05) is 14.2 Å². The van der Waals surface area contributed by atoms with Crippen LogP contribution < -0.4 is 0 Å². The van der Waals surface area contributed by atoms with E-state index in [1.807, 2.05) is 6.92 Å². The maximum atomic E-state index is 11.3. The molecule has 0 amide bonds. The molecule has 0 N–H and O–H groups in total. The SMILES string of the molecule is CCCC(C)(C(=O)OC)C(=O)OC. The molecule has 0 saturated heterocycles. The minimum Gasteiger partial charge on any atom is -0.468 e. The summed E-state index contributed by atoms with van der Waals surface area (Å²) in [7, 11) is 2.53. The molecule has 0 aromatic heterocycles. The van der Waals surface area contributed by atoms with Gasteiger partial charge >= 0.3 is 11.9 Å². The van der Waals surface area contributed by atoms with E-state index in [-0.39, 0.29) is 0 Å². The van der Waals surface area contributed by atoms with Crippen LogP contribution in [0.25, 0.3) is 0 Å². The first kappa shape index (κ1) is 11.9. The molecule has 0 unspecified atom stereocenters. The number of rotatable bonds is 4. The summed E-state index contributed by atoms with van der Waals surface area (Å²) >= 11 is 0. The summed E-state index contributed by atoms with van der Waals surface area (Å²) in [6.45, 7) is 3.43. The number of hydrogen-bond acceptors (Lipinski definition) is 4. The van der Waals surface area contributed by atoms with Gasteiger partial charge in [0.15, 0.2) is 5.41 Å². The van der Waals surface area contributed by atoms with Gasteiger partial charge in [0, 0.05) is 0 Å².